The quantitative estimate of drug-likeness (QED) is 0.346. The van der Waals surface area contributed by atoms with E-state index in [9.17, 15) is 9.59 Å². The normalized spacial score (nSPS) is 12.5. The molecule has 2 aromatic heterocycles. The maximum Gasteiger partial charge on any atom is 0.260 e. The van der Waals surface area contributed by atoms with E-state index in [2.05, 4.69) is 39.7 Å². The lowest BCUT2D eigenvalue weighted by Gasteiger charge is -2.16. The van der Waals surface area contributed by atoms with E-state index < -0.39 is 5.91 Å². The molecule has 182 valence electrons. The molecule has 4 N–H and O–H groups in total. The van der Waals surface area contributed by atoms with Crippen molar-refractivity contribution in [2.75, 3.05) is 26.0 Å². The highest BCUT2D eigenvalue weighted by atomic mass is 32.1. The summed E-state index contributed by atoms with van der Waals surface area (Å²) in [7, 11) is 3.98. The smallest absolute Gasteiger partial charge is 0.260 e. The molecule has 2 rings (SSSR count). The van der Waals surface area contributed by atoms with Gasteiger partial charge in [-0.1, -0.05) is 26.0 Å². The first-order valence-corrected chi connectivity index (χ1v) is 12.0. The number of carbonyl (C=O) groups excluding carboxylic acids is 2. The van der Waals surface area contributed by atoms with Gasteiger partial charge in [-0.2, -0.15) is 0 Å². The van der Waals surface area contributed by atoms with E-state index in [1.807, 2.05) is 32.8 Å². The maximum absolute atomic E-state index is 13.1. The molecule has 0 radical (unpaired) electrons. The highest BCUT2D eigenvalue weighted by molar-refractivity contribution is 7.14. The Morgan fingerprint density at radius 2 is 1.94 bits per heavy atom. The molecule has 8 nitrogen and oxygen atoms in total. The topological polar surface area (TPSA) is 113 Å². The van der Waals surface area contributed by atoms with Crippen LogP contribution in [0.5, 0.6) is 0 Å². The molecule has 0 aliphatic carbocycles. The van der Waals surface area contributed by atoms with Crippen molar-refractivity contribution in [1.82, 2.24) is 20.2 Å². The molecule has 2 amide bonds. The Labute approximate surface area is 205 Å². The Balaban J connectivity index is 2.31. The van der Waals surface area contributed by atoms with Gasteiger partial charge >= 0.3 is 0 Å². The number of aryl methyl sites for hydroxylation is 1. The number of amides is 2. The third kappa shape index (κ3) is 6.77. The summed E-state index contributed by atoms with van der Waals surface area (Å²) in [4.78, 5) is 37.1. The van der Waals surface area contributed by atoms with Gasteiger partial charge in [0, 0.05) is 50.5 Å². The molecule has 0 aromatic carbocycles. The SMILES string of the molecule is CC/C=C/C(=C(/C)N(C)C)c1cnc(/C(=C\N)C(=O)Nc2cc(C(=O)NCCC)cnc2C)s1. The van der Waals surface area contributed by atoms with Gasteiger partial charge in [0.05, 0.1) is 27.4 Å². The Kier molecular flexibility index (Phi) is 10.0. The number of hydrogen-bond acceptors (Lipinski definition) is 7. The third-order valence-corrected chi connectivity index (χ3v) is 6.19. The zero-order valence-corrected chi connectivity index (χ0v) is 21.5. The number of rotatable bonds is 10. The third-order valence-electron chi connectivity index (χ3n) is 5.13. The lowest BCUT2D eigenvalue weighted by Crippen LogP contribution is -2.24. The highest BCUT2D eigenvalue weighted by Crippen LogP contribution is 2.30. The molecule has 0 bridgehead atoms. The van der Waals surface area contributed by atoms with E-state index in [1.165, 1.54) is 23.7 Å². The molecule has 0 spiro atoms. The Morgan fingerprint density at radius 3 is 2.56 bits per heavy atom. The monoisotopic (exact) mass is 482 g/mol. The van der Waals surface area contributed by atoms with Crippen LogP contribution in [0.15, 0.2) is 42.5 Å². The molecule has 0 aliphatic rings. The molecule has 2 aromatic rings. The number of allylic oxidation sites excluding steroid dienone is 4. The summed E-state index contributed by atoms with van der Waals surface area (Å²) in [6, 6.07) is 1.61. The van der Waals surface area contributed by atoms with Gasteiger partial charge in [-0.15, -0.1) is 11.3 Å². The number of nitrogens with zero attached hydrogens (tertiary/aromatic N) is 3. The van der Waals surface area contributed by atoms with Crippen LogP contribution < -0.4 is 16.4 Å². The van der Waals surface area contributed by atoms with Crippen LogP contribution in [0.1, 0.15) is 59.5 Å². The first-order chi connectivity index (χ1) is 16.2. The average molecular weight is 483 g/mol. The Bertz CT molecular complexity index is 1110. The van der Waals surface area contributed by atoms with Gasteiger partial charge in [-0.05, 0) is 32.8 Å². The minimum atomic E-state index is -0.418. The fraction of sp³-hybridized carbons (Fsp3) is 0.360. The first kappa shape index (κ1) is 26.8. The number of anilines is 1. The number of hydrogen-bond donors (Lipinski definition) is 3. The minimum Gasteiger partial charge on any atom is -0.404 e. The number of carbonyl (C=O) groups is 2. The van der Waals surface area contributed by atoms with Crippen molar-refractivity contribution in [3.63, 3.8) is 0 Å². The van der Waals surface area contributed by atoms with Crippen molar-refractivity contribution in [2.45, 2.75) is 40.5 Å². The molecule has 0 fully saturated rings. The van der Waals surface area contributed by atoms with Gasteiger partial charge in [0.2, 0.25) is 0 Å². The molecular weight excluding hydrogens is 448 g/mol. The summed E-state index contributed by atoms with van der Waals surface area (Å²) in [5.41, 5.74) is 9.62. The van der Waals surface area contributed by atoms with Crippen LogP contribution in [-0.2, 0) is 4.79 Å². The zero-order valence-electron chi connectivity index (χ0n) is 20.7. The number of aromatic nitrogens is 2. The second kappa shape index (κ2) is 12.7. The van der Waals surface area contributed by atoms with Crippen LogP contribution in [0.25, 0.3) is 11.1 Å². The van der Waals surface area contributed by atoms with E-state index in [4.69, 9.17) is 5.73 Å². The molecule has 0 unspecified atom stereocenters. The largest absolute Gasteiger partial charge is 0.404 e. The summed E-state index contributed by atoms with van der Waals surface area (Å²) in [5.74, 6) is -0.655. The lowest BCUT2D eigenvalue weighted by molar-refractivity contribution is -0.111. The predicted molar refractivity (Wildman–Crippen MR) is 140 cm³/mol. The predicted octanol–water partition coefficient (Wildman–Crippen LogP) is 4.18. The van der Waals surface area contributed by atoms with E-state index in [0.717, 1.165) is 29.0 Å². The molecule has 0 atom stereocenters. The summed E-state index contributed by atoms with van der Waals surface area (Å²) in [5, 5.41) is 6.14. The van der Waals surface area contributed by atoms with E-state index in [1.54, 1.807) is 19.2 Å². The number of thiazole rings is 1. The fourth-order valence-electron chi connectivity index (χ4n) is 2.94. The summed E-state index contributed by atoms with van der Waals surface area (Å²) >= 11 is 1.39. The van der Waals surface area contributed by atoms with Crippen LogP contribution >= 0.6 is 11.3 Å². The molecule has 0 saturated carbocycles. The Hall–Kier alpha value is -3.46. The van der Waals surface area contributed by atoms with Crippen molar-refractivity contribution in [3.8, 4) is 0 Å². The minimum absolute atomic E-state index is 0.236. The van der Waals surface area contributed by atoms with E-state index >= 15 is 0 Å². The van der Waals surface area contributed by atoms with E-state index in [-0.39, 0.29) is 11.5 Å². The van der Waals surface area contributed by atoms with Gasteiger partial charge in [-0.25, -0.2) is 4.98 Å². The second-order valence-corrected chi connectivity index (χ2v) is 8.91. The van der Waals surface area contributed by atoms with Crippen LogP contribution in [0.4, 0.5) is 5.69 Å². The second-order valence-electron chi connectivity index (χ2n) is 7.88. The van der Waals surface area contributed by atoms with Crippen LogP contribution in [0.3, 0.4) is 0 Å². The molecule has 9 heteroatoms. The average Bonchev–Trinajstić information content (AvgIpc) is 3.28. The standard InChI is InChI=1S/C25H34N6O2S/c1-7-9-10-19(17(4)31(5)6)22-15-29-25(34-22)20(13-26)24(33)30-21-12-18(14-28-16(21)3)23(32)27-11-8-2/h9-10,12-15H,7-8,11,26H2,1-6H3,(H,27,32)(H,30,33)/b10-9+,19-17+,20-13-. The Morgan fingerprint density at radius 1 is 1.21 bits per heavy atom. The van der Waals surface area contributed by atoms with Crippen molar-refractivity contribution in [2.24, 2.45) is 5.73 Å². The van der Waals surface area contributed by atoms with Gasteiger partial charge < -0.3 is 21.3 Å². The van der Waals surface area contributed by atoms with E-state index in [0.29, 0.717) is 28.5 Å². The van der Waals surface area contributed by atoms with Crippen molar-refractivity contribution >= 4 is 40.0 Å². The number of pyridine rings is 1. The lowest BCUT2D eigenvalue weighted by atomic mass is 10.1. The number of nitrogens with two attached hydrogens (primary N) is 1. The summed E-state index contributed by atoms with van der Waals surface area (Å²) < 4.78 is 0. The summed E-state index contributed by atoms with van der Waals surface area (Å²) in [6.07, 6.45) is 10.4. The highest BCUT2D eigenvalue weighted by Gasteiger charge is 2.19. The fourth-order valence-corrected chi connectivity index (χ4v) is 3.95. The van der Waals surface area contributed by atoms with Crippen LogP contribution in [0, 0.1) is 6.92 Å². The van der Waals surface area contributed by atoms with Gasteiger partial charge in [0.15, 0.2) is 0 Å². The molecule has 0 saturated heterocycles. The molecule has 2 heterocycles. The zero-order chi connectivity index (χ0) is 25.3. The molecular formula is C25H34N6O2S. The maximum atomic E-state index is 13.1. The molecule has 0 aliphatic heterocycles. The van der Waals surface area contributed by atoms with Gasteiger partial charge in [-0.3, -0.25) is 14.6 Å². The van der Waals surface area contributed by atoms with Crippen molar-refractivity contribution in [3.05, 3.63) is 63.7 Å². The molecule has 34 heavy (non-hydrogen) atoms. The first-order valence-electron chi connectivity index (χ1n) is 11.2. The summed E-state index contributed by atoms with van der Waals surface area (Å²) in [6.45, 7) is 8.43. The van der Waals surface area contributed by atoms with Crippen molar-refractivity contribution in [1.29, 1.82) is 0 Å². The van der Waals surface area contributed by atoms with Gasteiger partial charge in [0.25, 0.3) is 11.8 Å². The van der Waals surface area contributed by atoms with Crippen LogP contribution in [0.2, 0.25) is 0 Å². The van der Waals surface area contributed by atoms with Gasteiger partial charge in [0.1, 0.15) is 5.01 Å². The van der Waals surface area contributed by atoms with Crippen LogP contribution in [-0.4, -0.2) is 47.3 Å². The number of nitrogens with one attached hydrogen (secondary N) is 2. The van der Waals surface area contributed by atoms with Crippen molar-refractivity contribution < 1.29 is 9.59 Å².